The van der Waals surface area contributed by atoms with Gasteiger partial charge in [-0.15, -0.1) is 0 Å². The zero-order valence-corrected chi connectivity index (χ0v) is 7.67. The van der Waals surface area contributed by atoms with Gasteiger partial charge in [0.1, 0.15) is 0 Å². The Bertz CT molecular complexity index is 274. The maximum atomic E-state index is 8.76. The summed E-state index contributed by atoms with van der Waals surface area (Å²) in [7, 11) is 0. The molecule has 12 heavy (non-hydrogen) atoms. The van der Waals surface area contributed by atoms with E-state index in [4.69, 9.17) is 16.7 Å². The Morgan fingerprint density at radius 3 is 2.50 bits per heavy atom. The Kier molecular flexibility index (Phi) is 3.32. The first kappa shape index (κ1) is 9.30. The molecule has 64 valence electrons. The maximum Gasteiger partial charge on any atom is 0.0642 e. The minimum atomic E-state index is 0.0998. The normalized spacial score (nSPS) is 11.8. The van der Waals surface area contributed by atoms with Crippen LogP contribution >= 0.6 is 11.6 Å². The summed E-state index contributed by atoms with van der Waals surface area (Å²) in [5, 5.41) is 9.49. The first-order chi connectivity index (χ1) is 5.72. The summed E-state index contributed by atoms with van der Waals surface area (Å²) in [6.45, 7) is 1.98. The number of halogens is 1. The molecule has 1 rings (SSSR count). The molecule has 1 N–H and O–H groups in total. The average molecular weight is 183 g/mol. The van der Waals surface area contributed by atoms with Crippen LogP contribution in [0.3, 0.4) is 0 Å². The fraction of sp³-hybridized carbons (Fsp3) is 0.200. The van der Waals surface area contributed by atoms with Crippen molar-refractivity contribution in [2.24, 2.45) is 0 Å². The third kappa shape index (κ3) is 2.68. The lowest BCUT2D eigenvalue weighted by molar-refractivity contribution is 0.332. The van der Waals surface area contributed by atoms with Crippen LogP contribution in [0.2, 0.25) is 5.02 Å². The topological polar surface area (TPSA) is 20.2 Å². The lowest BCUT2D eigenvalue weighted by Crippen LogP contribution is -1.83. The van der Waals surface area contributed by atoms with Gasteiger partial charge in [-0.3, -0.25) is 0 Å². The largest absolute Gasteiger partial charge is 0.392 e. The van der Waals surface area contributed by atoms with Crippen molar-refractivity contribution in [2.75, 3.05) is 6.61 Å². The van der Waals surface area contributed by atoms with Gasteiger partial charge in [0.25, 0.3) is 0 Å². The van der Waals surface area contributed by atoms with Crippen molar-refractivity contribution in [1.82, 2.24) is 0 Å². The van der Waals surface area contributed by atoms with Crippen LogP contribution in [0.4, 0.5) is 0 Å². The predicted octanol–water partition coefficient (Wildman–Crippen LogP) is 2.74. The molecule has 0 spiro atoms. The summed E-state index contributed by atoms with van der Waals surface area (Å²) in [4.78, 5) is 0. The molecule has 0 aliphatic rings. The maximum absolute atomic E-state index is 8.76. The molecule has 0 aromatic heterocycles. The molecule has 0 saturated carbocycles. The highest BCUT2D eigenvalue weighted by atomic mass is 35.5. The number of aliphatic hydroxyl groups is 1. The van der Waals surface area contributed by atoms with E-state index in [1.807, 2.05) is 37.3 Å². The van der Waals surface area contributed by atoms with Gasteiger partial charge in [0, 0.05) is 5.02 Å². The van der Waals surface area contributed by atoms with Gasteiger partial charge in [0.15, 0.2) is 0 Å². The van der Waals surface area contributed by atoms with Crippen molar-refractivity contribution in [3.8, 4) is 0 Å². The number of rotatable bonds is 2. The van der Waals surface area contributed by atoms with Gasteiger partial charge in [0.05, 0.1) is 6.61 Å². The molecule has 0 aliphatic heterocycles. The summed E-state index contributed by atoms with van der Waals surface area (Å²) in [6.07, 6.45) is 1.93. The van der Waals surface area contributed by atoms with Crippen LogP contribution in [-0.2, 0) is 0 Å². The SMILES string of the molecule is C/C(=C\c1ccc(Cl)cc1)CO. The molecule has 2 heteroatoms. The monoisotopic (exact) mass is 182 g/mol. The van der Waals surface area contributed by atoms with Crippen molar-refractivity contribution in [2.45, 2.75) is 6.92 Å². The van der Waals surface area contributed by atoms with E-state index in [1.54, 1.807) is 0 Å². The molecule has 0 aliphatic carbocycles. The molecule has 0 bridgehead atoms. The van der Waals surface area contributed by atoms with Gasteiger partial charge in [-0.2, -0.15) is 0 Å². The van der Waals surface area contributed by atoms with E-state index in [-0.39, 0.29) is 6.61 Å². The summed E-state index contributed by atoms with van der Waals surface area (Å²) in [5.74, 6) is 0. The highest BCUT2D eigenvalue weighted by Gasteiger charge is 1.89. The molecule has 0 atom stereocenters. The third-order valence-electron chi connectivity index (χ3n) is 1.53. The molecule has 0 amide bonds. The van der Waals surface area contributed by atoms with Crippen LogP contribution < -0.4 is 0 Å². The second-order valence-corrected chi connectivity index (χ2v) is 3.14. The van der Waals surface area contributed by atoms with E-state index < -0.39 is 0 Å². The highest BCUT2D eigenvalue weighted by molar-refractivity contribution is 6.30. The van der Waals surface area contributed by atoms with Gasteiger partial charge >= 0.3 is 0 Å². The smallest absolute Gasteiger partial charge is 0.0642 e. The van der Waals surface area contributed by atoms with Crippen molar-refractivity contribution in [3.63, 3.8) is 0 Å². The summed E-state index contributed by atoms with van der Waals surface area (Å²) < 4.78 is 0. The Labute approximate surface area is 77.3 Å². The van der Waals surface area contributed by atoms with Gasteiger partial charge in [-0.1, -0.05) is 29.8 Å². The Morgan fingerprint density at radius 1 is 1.42 bits per heavy atom. The molecular formula is C10H11ClO. The van der Waals surface area contributed by atoms with Gasteiger partial charge in [-0.25, -0.2) is 0 Å². The van der Waals surface area contributed by atoms with E-state index in [0.29, 0.717) is 0 Å². The minimum Gasteiger partial charge on any atom is -0.392 e. The van der Waals surface area contributed by atoms with Crippen molar-refractivity contribution >= 4 is 17.7 Å². The van der Waals surface area contributed by atoms with Crippen molar-refractivity contribution in [3.05, 3.63) is 40.4 Å². The Hall–Kier alpha value is -0.790. The number of hydrogen-bond acceptors (Lipinski definition) is 1. The molecule has 0 unspecified atom stereocenters. The molecule has 0 fully saturated rings. The molecule has 1 aromatic carbocycles. The van der Waals surface area contributed by atoms with Gasteiger partial charge < -0.3 is 5.11 Å². The lowest BCUT2D eigenvalue weighted by atomic mass is 10.1. The fourth-order valence-electron chi connectivity index (χ4n) is 0.889. The zero-order valence-electron chi connectivity index (χ0n) is 6.92. The molecule has 1 aromatic rings. The molecule has 1 nitrogen and oxygen atoms in total. The Morgan fingerprint density at radius 2 is 2.00 bits per heavy atom. The molecule has 0 heterocycles. The second-order valence-electron chi connectivity index (χ2n) is 2.70. The summed E-state index contributed by atoms with van der Waals surface area (Å²) >= 11 is 5.71. The first-order valence-corrected chi connectivity index (χ1v) is 4.14. The summed E-state index contributed by atoms with van der Waals surface area (Å²) in [5.41, 5.74) is 2.00. The number of hydrogen-bond donors (Lipinski definition) is 1. The van der Waals surface area contributed by atoms with E-state index in [0.717, 1.165) is 16.2 Å². The molecule has 0 radical (unpaired) electrons. The lowest BCUT2D eigenvalue weighted by Gasteiger charge is -1.96. The van der Waals surface area contributed by atoms with E-state index in [9.17, 15) is 0 Å². The predicted molar refractivity (Wildman–Crippen MR) is 52.2 cm³/mol. The van der Waals surface area contributed by atoms with Crippen LogP contribution in [0.1, 0.15) is 12.5 Å². The minimum absolute atomic E-state index is 0.0998. The number of aliphatic hydroxyl groups excluding tert-OH is 1. The first-order valence-electron chi connectivity index (χ1n) is 3.76. The van der Waals surface area contributed by atoms with Gasteiger partial charge in [-0.05, 0) is 30.2 Å². The van der Waals surface area contributed by atoms with Crippen LogP contribution in [0.15, 0.2) is 29.8 Å². The molecule has 0 saturated heterocycles. The van der Waals surface area contributed by atoms with E-state index in [1.165, 1.54) is 0 Å². The zero-order chi connectivity index (χ0) is 8.97. The highest BCUT2D eigenvalue weighted by Crippen LogP contribution is 2.11. The van der Waals surface area contributed by atoms with E-state index >= 15 is 0 Å². The average Bonchev–Trinajstić information content (AvgIpc) is 2.09. The van der Waals surface area contributed by atoms with Crippen LogP contribution in [0, 0.1) is 0 Å². The fourth-order valence-corrected chi connectivity index (χ4v) is 1.02. The van der Waals surface area contributed by atoms with Crippen molar-refractivity contribution < 1.29 is 5.11 Å². The standard InChI is InChI=1S/C10H11ClO/c1-8(7-12)6-9-2-4-10(11)5-3-9/h2-6,12H,7H2,1H3/b8-6+. The van der Waals surface area contributed by atoms with Crippen LogP contribution in [-0.4, -0.2) is 11.7 Å². The quantitative estimate of drug-likeness (QED) is 0.746. The van der Waals surface area contributed by atoms with Crippen molar-refractivity contribution in [1.29, 1.82) is 0 Å². The third-order valence-corrected chi connectivity index (χ3v) is 1.78. The summed E-state index contributed by atoms with van der Waals surface area (Å²) in [6, 6.07) is 7.50. The number of benzene rings is 1. The Balaban J connectivity index is 2.84. The van der Waals surface area contributed by atoms with Crippen LogP contribution in [0.25, 0.3) is 6.08 Å². The second kappa shape index (κ2) is 4.29. The van der Waals surface area contributed by atoms with Gasteiger partial charge in [0.2, 0.25) is 0 Å². The van der Waals surface area contributed by atoms with E-state index in [2.05, 4.69) is 0 Å². The van der Waals surface area contributed by atoms with Crippen LogP contribution in [0.5, 0.6) is 0 Å². The molecular weight excluding hydrogens is 172 g/mol.